The molecule has 0 saturated carbocycles. The first kappa shape index (κ1) is 23.7. The Morgan fingerprint density at radius 2 is 2.03 bits per heavy atom. The van der Waals surface area contributed by atoms with Crippen LogP contribution < -0.4 is 9.47 Å². The van der Waals surface area contributed by atoms with Crippen LogP contribution >= 0.6 is 24.0 Å². The molecule has 1 aromatic heterocycles. The molecule has 1 saturated heterocycles. The summed E-state index contributed by atoms with van der Waals surface area (Å²) in [5.74, 6) is -0.496. The summed E-state index contributed by atoms with van der Waals surface area (Å²) in [5.41, 5.74) is 2.17. The summed E-state index contributed by atoms with van der Waals surface area (Å²) >= 11 is 6.44. The number of ether oxygens (including phenoxy) is 2. The van der Waals surface area contributed by atoms with Crippen molar-refractivity contribution < 1.29 is 24.2 Å². The van der Waals surface area contributed by atoms with Gasteiger partial charge in [-0.25, -0.2) is 4.79 Å². The average Bonchev–Trinajstić information content (AvgIpc) is 3.06. The van der Waals surface area contributed by atoms with Crippen LogP contribution in [0.2, 0.25) is 0 Å². The third-order valence-electron chi connectivity index (χ3n) is 5.30. The van der Waals surface area contributed by atoms with Gasteiger partial charge in [0.25, 0.3) is 5.91 Å². The van der Waals surface area contributed by atoms with E-state index in [4.69, 9.17) is 21.7 Å². The fraction of sp³-hybridized carbons (Fsp3) is 0.304. The minimum atomic E-state index is -1.06. The number of aromatic nitrogens is 1. The van der Waals surface area contributed by atoms with Crippen molar-refractivity contribution in [3.05, 3.63) is 47.0 Å². The Balaban J connectivity index is 1.88. The number of nitrogens with zero attached hydrogens (tertiary/aromatic N) is 2. The molecule has 1 unspecified atom stereocenters. The highest BCUT2D eigenvalue weighted by Gasteiger charge is 2.42. The molecule has 168 valence electrons. The van der Waals surface area contributed by atoms with Gasteiger partial charge in [0.2, 0.25) is 0 Å². The summed E-state index contributed by atoms with van der Waals surface area (Å²) in [4.78, 5) is 30.9. The molecule has 1 aliphatic rings. The highest BCUT2D eigenvalue weighted by molar-refractivity contribution is 8.26. The Bertz CT molecular complexity index is 1070. The van der Waals surface area contributed by atoms with Crippen LogP contribution in [0.15, 0.2) is 41.4 Å². The third-order valence-corrected chi connectivity index (χ3v) is 6.63. The molecule has 1 aliphatic heterocycles. The average molecular weight is 473 g/mol. The summed E-state index contributed by atoms with van der Waals surface area (Å²) in [6.07, 6.45) is 3.94. The van der Waals surface area contributed by atoms with Crippen LogP contribution in [0.4, 0.5) is 0 Å². The summed E-state index contributed by atoms with van der Waals surface area (Å²) in [5, 5.41) is 9.65. The predicted molar refractivity (Wildman–Crippen MR) is 129 cm³/mol. The Labute approximate surface area is 196 Å². The van der Waals surface area contributed by atoms with E-state index in [2.05, 4.69) is 4.98 Å². The molecular weight excluding hydrogens is 448 g/mol. The van der Waals surface area contributed by atoms with Crippen molar-refractivity contribution in [2.24, 2.45) is 5.92 Å². The number of thioether (sulfide) groups is 1. The number of rotatable bonds is 8. The molecule has 0 spiro atoms. The summed E-state index contributed by atoms with van der Waals surface area (Å²) in [6, 6.07) is 8.21. The second-order valence-electron chi connectivity index (χ2n) is 7.24. The Hall–Kier alpha value is -2.91. The van der Waals surface area contributed by atoms with Crippen molar-refractivity contribution in [1.82, 2.24) is 9.88 Å². The van der Waals surface area contributed by atoms with E-state index in [1.807, 2.05) is 37.3 Å². The van der Waals surface area contributed by atoms with Gasteiger partial charge in [0.05, 0.1) is 24.8 Å². The minimum absolute atomic E-state index is 0.229. The minimum Gasteiger partial charge on any atom is -0.493 e. The van der Waals surface area contributed by atoms with Gasteiger partial charge in [-0.3, -0.25) is 14.7 Å². The molecule has 2 heterocycles. The number of amides is 1. The van der Waals surface area contributed by atoms with Crippen LogP contribution in [0.3, 0.4) is 0 Å². The molecule has 0 aliphatic carbocycles. The zero-order valence-electron chi connectivity index (χ0n) is 18.2. The Morgan fingerprint density at radius 3 is 2.59 bits per heavy atom. The SMILES string of the molecule is CCC(C)[C@@H](C(=O)O)N1C(=O)/C(=C\c2ccc(-c3cccc(OC)c3OC)nc2)SC1=S. The summed E-state index contributed by atoms with van der Waals surface area (Å²) < 4.78 is 11.1. The number of carbonyl (C=O) groups excluding carboxylic acids is 1. The van der Waals surface area contributed by atoms with E-state index in [0.717, 1.165) is 17.3 Å². The van der Waals surface area contributed by atoms with Crippen molar-refractivity contribution in [3.63, 3.8) is 0 Å². The maximum atomic E-state index is 13.0. The van der Waals surface area contributed by atoms with E-state index in [0.29, 0.717) is 34.1 Å². The molecule has 7 nitrogen and oxygen atoms in total. The number of pyridine rings is 1. The van der Waals surface area contributed by atoms with E-state index in [1.165, 1.54) is 4.90 Å². The molecule has 1 fully saturated rings. The van der Waals surface area contributed by atoms with Crippen LogP contribution in [0.5, 0.6) is 11.5 Å². The lowest BCUT2D eigenvalue weighted by Gasteiger charge is -2.27. The molecule has 1 amide bonds. The number of benzene rings is 1. The topological polar surface area (TPSA) is 89.0 Å². The fourth-order valence-electron chi connectivity index (χ4n) is 3.44. The van der Waals surface area contributed by atoms with Crippen LogP contribution in [-0.4, -0.2) is 51.4 Å². The number of aliphatic carboxylic acids is 1. The number of carboxylic acids is 1. The highest BCUT2D eigenvalue weighted by Crippen LogP contribution is 2.38. The molecule has 0 radical (unpaired) electrons. The van der Waals surface area contributed by atoms with Crippen molar-refractivity contribution in [1.29, 1.82) is 0 Å². The highest BCUT2D eigenvalue weighted by atomic mass is 32.2. The fourth-order valence-corrected chi connectivity index (χ4v) is 4.77. The Morgan fingerprint density at radius 1 is 1.28 bits per heavy atom. The number of thiocarbonyl (C=S) groups is 1. The lowest BCUT2D eigenvalue weighted by molar-refractivity contribution is -0.147. The van der Waals surface area contributed by atoms with Gasteiger partial charge in [0.15, 0.2) is 11.5 Å². The van der Waals surface area contributed by atoms with Crippen molar-refractivity contribution in [2.75, 3.05) is 14.2 Å². The van der Waals surface area contributed by atoms with Crippen LogP contribution in [0.25, 0.3) is 17.3 Å². The van der Waals surface area contributed by atoms with Gasteiger partial charge >= 0.3 is 5.97 Å². The van der Waals surface area contributed by atoms with E-state index < -0.39 is 17.9 Å². The number of hydrogen-bond donors (Lipinski definition) is 1. The van der Waals surface area contributed by atoms with Gasteiger partial charge < -0.3 is 14.6 Å². The first-order chi connectivity index (χ1) is 15.3. The van der Waals surface area contributed by atoms with Crippen LogP contribution in [-0.2, 0) is 9.59 Å². The maximum absolute atomic E-state index is 13.0. The molecule has 32 heavy (non-hydrogen) atoms. The smallest absolute Gasteiger partial charge is 0.327 e. The van der Waals surface area contributed by atoms with Gasteiger partial charge in [-0.2, -0.15) is 0 Å². The second kappa shape index (κ2) is 10.1. The monoisotopic (exact) mass is 472 g/mol. The number of carboxylic acid groups (broad SMARTS) is 1. The lowest BCUT2D eigenvalue weighted by atomic mass is 9.98. The first-order valence-corrected chi connectivity index (χ1v) is 11.2. The number of carbonyl (C=O) groups is 2. The molecule has 3 rings (SSSR count). The van der Waals surface area contributed by atoms with Crippen molar-refractivity contribution in [3.8, 4) is 22.8 Å². The zero-order valence-corrected chi connectivity index (χ0v) is 19.8. The third kappa shape index (κ3) is 4.63. The van der Waals surface area contributed by atoms with Gasteiger partial charge in [-0.05, 0) is 35.8 Å². The normalized spacial score (nSPS) is 16.9. The quantitative estimate of drug-likeness (QED) is 0.445. The van der Waals surface area contributed by atoms with Crippen LogP contribution in [0, 0.1) is 5.92 Å². The van der Waals surface area contributed by atoms with Gasteiger partial charge in [-0.1, -0.05) is 56.4 Å². The van der Waals surface area contributed by atoms with Crippen molar-refractivity contribution >= 4 is 46.3 Å². The Kier molecular flexibility index (Phi) is 7.52. The number of methoxy groups -OCH3 is 2. The van der Waals surface area contributed by atoms with E-state index >= 15 is 0 Å². The van der Waals surface area contributed by atoms with Gasteiger partial charge in [0.1, 0.15) is 10.4 Å². The number of hydrogen-bond acceptors (Lipinski definition) is 7. The molecule has 2 aromatic rings. The van der Waals surface area contributed by atoms with E-state index in [-0.39, 0.29) is 10.2 Å². The molecule has 1 N–H and O–H groups in total. The van der Waals surface area contributed by atoms with E-state index in [9.17, 15) is 14.7 Å². The summed E-state index contributed by atoms with van der Waals surface area (Å²) in [7, 11) is 3.14. The van der Waals surface area contributed by atoms with Crippen LogP contribution in [0.1, 0.15) is 25.8 Å². The predicted octanol–water partition coefficient (Wildman–Crippen LogP) is 4.47. The standard InChI is InChI=1S/C23H24N2O5S2/c1-5-13(2)19(22(27)28)25-21(26)18(32-23(25)31)11-14-9-10-16(24-12-14)15-7-6-8-17(29-3)20(15)30-4/h6-13,19H,5H2,1-4H3,(H,27,28)/b18-11+/t13?,19-/m0/s1. The maximum Gasteiger partial charge on any atom is 0.327 e. The largest absolute Gasteiger partial charge is 0.493 e. The molecular formula is C23H24N2O5S2. The van der Waals surface area contributed by atoms with Crippen molar-refractivity contribution in [2.45, 2.75) is 26.3 Å². The van der Waals surface area contributed by atoms with Gasteiger partial charge in [0, 0.05) is 11.8 Å². The molecule has 1 aromatic carbocycles. The number of para-hydroxylation sites is 1. The zero-order chi connectivity index (χ0) is 23.4. The van der Waals surface area contributed by atoms with E-state index in [1.54, 1.807) is 33.4 Å². The molecule has 2 atom stereocenters. The second-order valence-corrected chi connectivity index (χ2v) is 8.91. The first-order valence-electron chi connectivity index (χ1n) is 9.99. The van der Waals surface area contributed by atoms with Gasteiger partial charge in [-0.15, -0.1) is 0 Å². The lowest BCUT2D eigenvalue weighted by Crippen LogP contribution is -2.47. The summed E-state index contributed by atoms with van der Waals surface area (Å²) in [6.45, 7) is 3.69. The molecule has 9 heteroatoms. The molecule has 0 bridgehead atoms.